The molecular formula is C14H16N4O2S. The summed E-state index contributed by atoms with van der Waals surface area (Å²) in [5.41, 5.74) is 1.96. The Hall–Kier alpha value is -2.33. The lowest BCUT2D eigenvalue weighted by molar-refractivity contribution is 0.601. The number of nitriles is 1. The number of benzene rings is 1. The lowest BCUT2D eigenvalue weighted by Gasteiger charge is -2.06. The van der Waals surface area contributed by atoms with Crippen LogP contribution >= 0.6 is 0 Å². The molecule has 0 bridgehead atoms. The van der Waals surface area contributed by atoms with Crippen LogP contribution < -0.4 is 4.72 Å². The van der Waals surface area contributed by atoms with E-state index in [9.17, 15) is 8.42 Å². The predicted octanol–water partition coefficient (Wildman–Crippen LogP) is 2.34. The van der Waals surface area contributed by atoms with Crippen molar-refractivity contribution < 1.29 is 8.42 Å². The van der Waals surface area contributed by atoms with E-state index in [0.29, 0.717) is 11.1 Å². The lowest BCUT2D eigenvalue weighted by Crippen LogP contribution is -2.13. The average molecular weight is 304 g/mol. The fraction of sp³-hybridized carbons (Fsp3) is 0.286. The third-order valence-electron chi connectivity index (χ3n) is 3.02. The third-order valence-corrected chi connectivity index (χ3v) is 4.37. The summed E-state index contributed by atoms with van der Waals surface area (Å²) in [5.74, 6) is 0.264. The Morgan fingerprint density at radius 1 is 1.38 bits per heavy atom. The van der Waals surface area contributed by atoms with E-state index in [4.69, 9.17) is 5.26 Å². The van der Waals surface area contributed by atoms with Crippen LogP contribution in [0.3, 0.4) is 0 Å². The second-order valence-electron chi connectivity index (χ2n) is 4.72. The van der Waals surface area contributed by atoms with Crippen LogP contribution in [0.15, 0.2) is 29.2 Å². The molecule has 1 aromatic heterocycles. The van der Waals surface area contributed by atoms with Crippen molar-refractivity contribution >= 4 is 15.8 Å². The Kier molecular flexibility index (Phi) is 4.29. The maximum Gasteiger partial charge on any atom is 0.263 e. The fourth-order valence-electron chi connectivity index (χ4n) is 1.94. The van der Waals surface area contributed by atoms with Gasteiger partial charge in [-0.2, -0.15) is 10.4 Å². The average Bonchev–Trinajstić information content (AvgIpc) is 2.85. The standard InChI is InChI=1S/C14H16N4O2S/c1-3-4-12-8-14(17-16-12)18-21(19,20)13-6-5-11(9-15)10(2)7-13/h5-8H,3-4H2,1-2H3,(H2,16,17,18). The molecule has 0 radical (unpaired) electrons. The molecule has 110 valence electrons. The molecule has 2 aromatic rings. The van der Waals surface area contributed by atoms with E-state index >= 15 is 0 Å². The molecule has 0 aliphatic carbocycles. The number of nitrogens with zero attached hydrogens (tertiary/aromatic N) is 2. The highest BCUT2D eigenvalue weighted by Gasteiger charge is 2.16. The molecule has 0 unspecified atom stereocenters. The minimum Gasteiger partial charge on any atom is -0.280 e. The Labute approximate surface area is 123 Å². The van der Waals surface area contributed by atoms with Crippen LogP contribution in [0.4, 0.5) is 5.82 Å². The molecule has 1 aromatic carbocycles. The monoisotopic (exact) mass is 304 g/mol. The summed E-state index contributed by atoms with van der Waals surface area (Å²) in [5, 5.41) is 15.6. The minimum atomic E-state index is -3.70. The second-order valence-corrected chi connectivity index (χ2v) is 6.40. The van der Waals surface area contributed by atoms with Crippen LogP contribution in [0, 0.1) is 18.3 Å². The van der Waals surface area contributed by atoms with E-state index in [1.54, 1.807) is 13.0 Å². The van der Waals surface area contributed by atoms with Gasteiger partial charge in [0.25, 0.3) is 10.0 Å². The van der Waals surface area contributed by atoms with Gasteiger partial charge in [0.1, 0.15) is 0 Å². The summed E-state index contributed by atoms with van der Waals surface area (Å²) >= 11 is 0. The van der Waals surface area contributed by atoms with Crippen LogP contribution in [-0.4, -0.2) is 18.6 Å². The van der Waals surface area contributed by atoms with Crippen molar-refractivity contribution in [2.24, 2.45) is 0 Å². The van der Waals surface area contributed by atoms with E-state index < -0.39 is 10.0 Å². The van der Waals surface area contributed by atoms with Gasteiger partial charge in [-0.25, -0.2) is 8.42 Å². The van der Waals surface area contributed by atoms with E-state index in [0.717, 1.165) is 18.5 Å². The van der Waals surface area contributed by atoms with Crippen LogP contribution in [0.25, 0.3) is 0 Å². The first-order valence-electron chi connectivity index (χ1n) is 6.54. The van der Waals surface area contributed by atoms with Gasteiger partial charge in [0.2, 0.25) is 0 Å². The Bertz CT molecular complexity index is 788. The number of hydrogen-bond donors (Lipinski definition) is 2. The van der Waals surface area contributed by atoms with E-state index in [2.05, 4.69) is 14.9 Å². The normalized spacial score (nSPS) is 11.1. The number of aryl methyl sites for hydroxylation is 2. The molecule has 0 spiro atoms. The molecule has 6 nitrogen and oxygen atoms in total. The number of nitrogens with one attached hydrogen (secondary N) is 2. The van der Waals surface area contributed by atoms with Crippen molar-refractivity contribution in [3.63, 3.8) is 0 Å². The summed E-state index contributed by atoms with van der Waals surface area (Å²) in [7, 11) is -3.70. The highest BCUT2D eigenvalue weighted by atomic mass is 32.2. The second kappa shape index (κ2) is 5.97. The number of aromatic nitrogens is 2. The van der Waals surface area contributed by atoms with Gasteiger partial charge in [-0.1, -0.05) is 13.3 Å². The van der Waals surface area contributed by atoms with Gasteiger partial charge < -0.3 is 0 Å². The van der Waals surface area contributed by atoms with Gasteiger partial charge in [-0.15, -0.1) is 0 Å². The summed E-state index contributed by atoms with van der Waals surface area (Å²) < 4.78 is 27.0. The van der Waals surface area contributed by atoms with Crippen molar-refractivity contribution in [1.29, 1.82) is 5.26 Å². The number of rotatable bonds is 5. The largest absolute Gasteiger partial charge is 0.280 e. The first-order valence-corrected chi connectivity index (χ1v) is 8.02. The van der Waals surface area contributed by atoms with Gasteiger partial charge in [0.05, 0.1) is 16.5 Å². The van der Waals surface area contributed by atoms with Crippen molar-refractivity contribution in [2.75, 3.05) is 4.72 Å². The van der Waals surface area contributed by atoms with Gasteiger partial charge >= 0.3 is 0 Å². The summed E-state index contributed by atoms with van der Waals surface area (Å²) in [6.45, 7) is 3.73. The van der Waals surface area contributed by atoms with Crippen LogP contribution in [0.2, 0.25) is 0 Å². The summed E-state index contributed by atoms with van der Waals surface area (Å²) in [6, 6.07) is 8.07. The topological polar surface area (TPSA) is 98.6 Å². The van der Waals surface area contributed by atoms with Gasteiger partial charge in [0, 0.05) is 11.8 Å². The number of aromatic amines is 1. The zero-order valence-corrected chi connectivity index (χ0v) is 12.7. The Balaban J connectivity index is 2.25. The molecule has 21 heavy (non-hydrogen) atoms. The van der Waals surface area contributed by atoms with Crippen molar-refractivity contribution in [3.05, 3.63) is 41.1 Å². The molecule has 7 heteroatoms. The first kappa shape index (κ1) is 15.1. The highest BCUT2D eigenvalue weighted by Crippen LogP contribution is 2.18. The molecule has 0 aliphatic rings. The molecule has 0 saturated heterocycles. The SMILES string of the molecule is CCCc1cc(NS(=O)(=O)c2ccc(C#N)c(C)c2)n[nH]1. The summed E-state index contributed by atoms with van der Waals surface area (Å²) in [6.07, 6.45) is 1.76. The minimum absolute atomic E-state index is 0.110. The zero-order valence-electron chi connectivity index (χ0n) is 11.8. The zero-order chi connectivity index (χ0) is 15.5. The lowest BCUT2D eigenvalue weighted by atomic mass is 10.1. The van der Waals surface area contributed by atoms with Crippen molar-refractivity contribution in [1.82, 2.24) is 10.2 Å². The molecule has 2 rings (SSSR count). The van der Waals surface area contributed by atoms with Crippen LogP contribution in [0.5, 0.6) is 0 Å². The molecule has 0 fully saturated rings. The third kappa shape index (κ3) is 3.41. The number of H-pyrrole nitrogens is 1. The quantitative estimate of drug-likeness (QED) is 0.885. The predicted molar refractivity (Wildman–Crippen MR) is 79.3 cm³/mol. The van der Waals surface area contributed by atoms with Crippen molar-refractivity contribution in [3.8, 4) is 6.07 Å². The first-order chi connectivity index (χ1) is 9.96. The molecule has 1 heterocycles. The fourth-order valence-corrected chi connectivity index (χ4v) is 3.01. The Morgan fingerprint density at radius 3 is 2.76 bits per heavy atom. The van der Waals surface area contributed by atoms with Gasteiger partial charge in [-0.3, -0.25) is 9.82 Å². The number of sulfonamides is 1. The Morgan fingerprint density at radius 2 is 2.14 bits per heavy atom. The maximum atomic E-state index is 12.3. The summed E-state index contributed by atoms with van der Waals surface area (Å²) in [4.78, 5) is 0.110. The smallest absolute Gasteiger partial charge is 0.263 e. The van der Waals surface area contributed by atoms with Crippen LogP contribution in [-0.2, 0) is 16.4 Å². The number of hydrogen-bond acceptors (Lipinski definition) is 4. The molecule has 0 aliphatic heterocycles. The van der Waals surface area contributed by atoms with Crippen LogP contribution in [0.1, 0.15) is 30.2 Å². The van der Waals surface area contributed by atoms with Gasteiger partial charge in [0.15, 0.2) is 5.82 Å². The van der Waals surface area contributed by atoms with E-state index in [-0.39, 0.29) is 10.7 Å². The molecule has 0 atom stereocenters. The molecule has 0 saturated carbocycles. The molecule has 0 amide bonds. The van der Waals surface area contributed by atoms with E-state index in [1.807, 2.05) is 13.0 Å². The van der Waals surface area contributed by atoms with E-state index in [1.165, 1.54) is 18.2 Å². The van der Waals surface area contributed by atoms with Crippen molar-refractivity contribution in [2.45, 2.75) is 31.6 Å². The highest BCUT2D eigenvalue weighted by molar-refractivity contribution is 7.92. The maximum absolute atomic E-state index is 12.3. The molecular weight excluding hydrogens is 288 g/mol. The van der Waals surface area contributed by atoms with Gasteiger partial charge in [-0.05, 0) is 37.1 Å². The number of anilines is 1. The molecule has 2 N–H and O–H groups in total.